The van der Waals surface area contributed by atoms with Crippen LogP contribution in [0.2, 0.25) is 0 Å². The molecule has 0 aliphatic rings. The van der Waals surface area contributed by atoms with E-state index >= 15 is 0 Å². The molecule has 1 aromatic rings. The number of benzene rings is 1. The Kier molecular flexibility index (Phi) is 5.24. The van der Waals surface area contributed by atoms with Gasteiger partial charge < -0.3 is 10.6 Å². The quantitative estimate of drug-likeness (QED) is 0.812. The monoisotopic (exact) mass is 294 g/mol. The smallest absolute Gasteiger partial charge is 0.251 e. The van der Waals surface area contributed by atoms with Crippen LogP contribution < -0.4 is 10.6 Å². The van der Waals surface area contributed by atoms with E-state index in [4.69, 9.17) is 6.42 Å². The van der Waals surface area contributed by atoms with Gasteiger partial charge in [0.05, 0.1) is 13.1 Å². The summed E-state index contributed by atoms with van der Waals surface area (Å²) in [4.78, 5) is 22.8. The van der Waals surface area contributed by atoms with Gasteiger partial charge in [-0.05, 0) is 18.2 Å². The molecule has 2 N–H and O–H groups in total. The van der Waals surface area contributed by atoms with Crippen molar-refractivity contribution in [3.8, 4) is 12.3 Å². The number of carbonyl (C=O) groups is 2. The molecule has 0 fully saturated rings. The Morgan fingerprint density at radius 2 is 2.12 bits per heavy atom. The average Bonchev–Trinajstić information content (AvgIpc) is 2.33. The summed E-state index contributed by atoms with van der Waals surface area (Å²) in [6, 6.07) is 6.90. The summed E-state index contributed by atoms with van der Waals surface area (Å²) in [6.45, 7) is 0.0681. The molecule has 17 heavy (non-hydrogen) atoms. The lowest BCUT2D eigenvalue weighted by molar-refractivity contribution is -0.119. The van der Waals surface area contributed by atoms with Gasteiger partial charge in [0.25, 0.3) is 5.91 Å². The van der Waals surface area contributed by atoms with Crippen LogP contribution in [-0.4, -0.2) is 24.9 Å². The average molecular weight is 295 g/mol. The van der Waals surface area contributed by atoms with Crippen LogP contribution in [0.1, 0.15) is 10.4 Å². The highest BCUT2D eigenvalue weighted by Crippen LogP contribution is 2.11. The van der Waals surface area contributed by atoms with Crippen molar-refractivity contribution in [3.63, 3.8) is 0 Å². The van der Waals surface area contributed by atoms with Gasteiger partial charge in [-0.1, -0.05) is 27.9 Å². The van der Waals surface area contributed by atoms with Crippen molar-refractivity contribution >= 4 is 27.7 Å². The minimum absolute atomic E-state index is 0.0903. The lowest BCUT2D eigenvalue weighted by atomic mass is 10.2. The van der Waals surface area contributed by atoms with Gasteiger partial charge in [0, 0.05) is 10.0 Å². The third-order valence-corrected chi connectivity index (χ3v) is 2.38. The van der Waals surface area contributed by atoms with E-state index in [-0.39, 0.29) is 24.9 Å². The molecule has 0 bridgehead atoms. The summed E-state index contributed by atoms with van der Waals surface area (Å²) in [5.41, 5.74) is 0.490. The van der Waals surface area contributed by atoms with Crippen LogP contribution in [0.3, 0.4) is 0 Å². The first-order valence-corrected chi connectivity index (χ1v) is 5.66. The number of terminal acetylenes is 1. The minimum Gasteiger partial charge on any atom is -0.344 e. The summed E-state index contributed by atoms with van der Waals surface area (Å²) >= 11 is 3.26. The number of halogens is 1. The predicted molar refractivity (Wildman–Crippen MR) is 68.3 cm³/mol. The van der Waals surface area contributed by atoms with Gasteiger partial charge in [0.2, 0.25) is 5.91 Å². The largest absolute Gasteiger partial charge is 0.344 e. The molecule has 4 nitrogen and oxygen atoms in total. The number of rotatable bonds is 4. The third kappa shape index (κ3) is 4.70. The Hall–Kier alpha value is -1.80. The molecule has 0 aliphatic carbocycles. The van der Waals surface area contributed by atoms with Crippen molar-refractivity contribution in [2.75, 3.05) is 13.1 Å². The van der Waals surface area contributed by atoms with Crippen molar-refractivity contribution in [1.82, 2.24) is 10.6 Å². The topological polar surface area (TPSA) is 58.2 Å². The Morgan fingerprint density at radius 1 is 1.35 bits per heavy atom. The van der Waals surface area contributed by atoms with Crippen molar-refractivity contribution in [3.05, 3.63) is 34.3 Å². The molecule has 0 spiro atoms. The number of amides is 2. The maximum atomic E-state index is 11.6. The zero-order valence-electron chi connectivity index (χ0n) is 9.00. The van der Waals surface area contributed by atoms with Gasteiger partial charge in [-0.2, -0.15) is 0 Å². The fraction of sp³-hybridized carbons (Fsp3) is 0.167. The first kappa shape index (κ1) is 13.3. The molecule has 0 saturated carbocycles. The molecule has 1 rings (SSSR count). The molecular formula is C12H11BrN2O2. The Balaban J connectivity index is 2.45. The second-order valence-corrected chi connectivity index (χ2v) is 4.09. The SMILES string of the molecule is C#CCNC(=O)CNC(=O)c1cccc(Br)c1. The van der Waals surface area contributed by atoms with E-state index in [1.807, 2.05) is 6.07 Å². The van der Waals surface area contributed by atoms with E-state index in [0.29, 0.717) is 5.56 Å². The van der Waals surface area contributed by atoms with Gasteiger partial charge in [0.1, 0.15) is 0 Å². The van der Waals surface area contributed by atoms with Crippen LogP contribution in [0.4, 0.5) is 0 Å². The van der Waals surface area contributed by atoms with Crippen LogP contribution in [0, 0.1) is 12.3 Å². The second kappa shape index (κ2) is 6.71. The standard InChI is InChI=1S/C12H11BrN2O2/c1-2-6-14-11(16)8-15-12(17)9-4-3-5-10(13)7-9/h1,3-5,7H,6,8H2,(H,14,16)(H,15,17). The molecule has 1 aromatic carbocycles. The molecule has 0 unspecified atom stereocenters. The maximum Gasteiger partial charge on any atom is 0.251 e. The van der Waals surface area contributed by atoms with Crippen molar-refractivity contribution in [2.45, 2.75) is 0 Å². The third-order valence-electron chi connectivity index (χ3n) is 1.88. The molecule has 0 heterocycles. The Morgan fingerprint density at radius 3 is 2.76 bits per heavy atom. The van der Waals surface area contributed by atoms with Crippen LogP contribution in [0.25, 0.3) is 0 Å². The summed E-state index contributed by atoms with van der Waals surface area (Å²) in [7, 11) is 0. The summed E-state index contributed by atoms with van der Waals surface area (Å²) < 4.78 is 0.807. The number of carbonyl (C=O) groups excluding carboxylic acids is 2. The van der Waals surface area contributed by atoms with Crippen LogP contribution >= 0.6 is 15.9 Å². The fourth-order valence-corrected chi connectivity index (χ4v) is 1.50. The molecule has 5 heteroatoms. The Labute approximate surface area is 108 Å². The van der Waals surface area contributed by atoms with E-state index in [9.17, 15) is 9.59 Å². The van der Waals surface area contributed by atoms with E-state index in [0.717, 1.165) is 4.47 Å². The molecule has 0 aliphatic heterocycles. The van der Waals surface area contributed by atoms with Crippen LogP contribution in [-0.2, 0) is 4.79 Å². The summed E-state index contributed by atoms with van der Waals surface area (Å²) in [6.07, 6.45) is 4.98. The number of nitrogens with one attached hydrogen (secondary N) is 2. The number of hydrogen-bond donors (Lipinski definition) is 2. The second-order valence-electron chi connectivity index (χ2n) is 3.17. The highest BCUT2D eigenvalue weighted by Gasteiger charge is 2.07. The van der Waals surface area contributed by atoms with Crippen molar-refractivity contribution in [2.24, 2.45) is 0 Å². The molecule has 0 atom stereocenters. The Bertz CT molecular complexity index is 466. The van der Waals surface area contributed by atoms with Gasteiger partial charge in [-0.25, -0.2) is 0 Å². The zero-order chi connectivity index (χ0) is 12.7. The van der Waals surface area contributed by atoms with Gasteiger partial charge in [-0.3, -0.25) is 9.59 Å². The lowest BCUT2D eigenvalue weighted by Crippen LogP contribution is -2.37. The number of hydrogen-bond acceptors (Lipinski definition) is 2. The molecular weight excluding hydrogens is 284 g/mol. The minimum atomic E-state index is -0.314. The van der Waals surface area contributed by atoms with Gasteiger partial charge >= 0.3 is 0 Å². The summed E-state index contributed by atoms with van der Waals surface area (Å²) in [5.74, 6) is 1.66. The van der Waals surface area contributed by atoms with Crippen molar-refractivity contribution in [1.29, 1.82) is 0 Å². The predicted octanol–water partition coefficient (Wildman–Crippen LogP) is 0.928. The zero-order valence-corrected chi connectivity index (χ0v) is 10.6. The van der Waals surface area contributed by atoms with Gasteiger partial charge in [0.15, 0.2) is 0 Å². The van der Waals surface area contributed by atoms with E-state index < -0.39 is 0 Å². The molecule has 0 radical (unpaired) electrons. The normalized spacial score (nSPS) is 9.18. The van der Waals surface area contributed by atoms with Crippen LogP contribution in [0.15, 0.2) is 28.7 Å². The first-order valence-electron chi connectivity index (χ1n) is 4.87. The molecule has 0 aromatic heterocycles. The molecule has 2 amide bonds. The maximum absolute atomic E-state index is 11.6. The van der Waals surface area contributed by atoms with Crippen molar-refractivity contribution < 1.29 is 9.59 Å². The summed E-state index contributed by atoms with van der Waals surface area (Å²) in [5, 5.41) is 4.95. The molecule has 88 valence electrons. The van der Waals surface area contributed by atoms with E-state index in [2.05, 4.69) is 32.5 Å². The molecule has 0 saturated heterocycles. The van der Waals surface area contributed by atoms with Crippen LogP contribution in [0.5, 0.6) is 0 Å². The van der Waals surface area contributed by atoms with E-state index in [1.165, 1.54) is 0 Å². The van der Waals surface area contributed by atoms with Gasteiger partial charge in [-0.15, -0.1) is 6.42 Å². The fourth-order valence-electron chi connectivity index (χ4n) is 1.10. The highest BCUT2D eigenvalue weighted by atomic mass is 79.9. The highest BCUT2D eigenvalue weighted by molar-refractivity contribution is 9.10. The van der Waals surface area contributed by atoms with E-state index in [1.54, 1.807) is 18.2 Å². The first-order chi connectivity index (χ1) is 8.13. The lowest BCUT2D eigenvalue weighted by Gasteiger charge is -2.05.